The highest BCUT2D eigenvalue weighted by Crippen LogP contribution is 2.26. The third-order valence-electron chi connectivity index (χ3n) is 2.78. The molecule has 78 valence electrons. The van der Waals surface area contributed by atoms with E-state index in [2.05, 4.69) is 4.84 Å². The summed E-state index contributed by atoms with van der Waals surface area (Å²) in [4.78, 5) is 2.61. The predicted molar refractivity (Wildman–Crippen MR) is 54.7 cm³/mol. The van der Waals surface area contributed by atoms with Gasteiger partial charge in [0, 0.05) is 13.1 Å². The second kappa shape index (κ2) is 4.80. The Hall–Kier alpha value is 0.460. The zero-order valence-electron chi connectivity index (χ0n) is 7.76. The maximum Gasteiger partial charge on any atom is 0.0823 e. The highest BCUT2D eigenvalue weighted by atomic mass is 35.5. The molecule has 0 bridgehead atoms. The minimum absolute atomic E-state index is 0.154. The van der Waals surface area contributed by atoms with E-state index in [1.807, 2.05) is 6.92 Å². The van der Waals surface area contributed by atoms with Crippen LogP contribution < -0.4 is 4.84 Å². The van der Waals surface area contributed by atoms with Gasteiger partial charge in [-0.05, 0) is 42.8 Å². The lowest BCUT2D eigenvalue weighted by Gasteiger charge is -2.32. The molecule has 1 rings (SSSR count). The van der Waals surface area contributed by atoms with Gasteiger partial charge in [0.2, 0.25) is 0 Å². The van der Waals surface area contributed by atoms with Gasteiger partial charge < -0.3 is 5.11 Å². The number of hydrogen-bond donors (Lipinski definition) is 2. The van der Waals surface area contributed by atoms with E-state index in [0.717, 1.165) is 19.4 Å². The summed E-state index contributed by atoms with van der Waals surface area (Å²) in [6.07, 6.45) is 2.35. The Labute approximate surface area is 89.2 Å². The van der Waals surface area contributed by atoms with Crippen LogP contribution in [0.25, 0.3) is 0 Å². The van der Waals surface area contributed by atoms with Crippen LogP contribution in [0, 0.1) is 0 Å². The fraction of sp³-hybridized carbons (Fsp3) is 1.00. The molecule has 0 aliphatic carbocycles. The number of halogens is 2. The van der Waals surface area contributed by atoms with Gasteiger partial charge in [-0.15, -0.1) is 0 Å². The number of nitrogens with one attached hydrogen (secondary N) is 1. The quantitative estimate of drug-likeness (QED) is 0.701. The van der Waals surface area contributed by atoms with Crippen molar-refractivity contribution in [1.82, 2.24) is 9.25 Å². The Kier molecular flexibility index (Phi) is 4.26. The van der Waals surface area contributed by atoms with Crippen molar-refractivity contribution in [2.24, 2.45) is 0 Å². The van der Waals surface area contributed by atoms with E-state index in [9.17, 15) is 5.11 Å². The minimum Gasteiger partial charge on any atom is -0.388 e. The van der Waals surface area contributed by atoms with Crippen molar-refractivity contribution in [3.05, 3.63) is 0 Å². The lowest BCUT2D eigenvalue weighted by molar-refractivity contribution is 0.00108. The first-order valence-electron chi connectivity index (χ1n) is 4.61. The molecule has 2 N–H and O–H groups in total. The number of aliphatic hydroxyl groups is 1. The smallest absolute Gasteiger partial charge is 0.0823 e. The molecule has 3 nitrogen and oxygen atoms in total. The molecule has 2 unspecified atom stereocenters. The molecule has 1 aliphatic heterocycles. The van der Waals surface area contributed by atoms with Crippen molar-refractivity contribution >= 4 is 23.6 Å². The normalized spacial score (nSPS) is 37.4. The van der Waals surface area contributed by atoms with Gasteiger partial charge in [-0.25, -0.2) is 9.25 Å². The zero-order chi connectivity index (χ0) is 9.90. The van der Waals surface area contributed by atoms with Crippen LogP contribution in [-0.2, 0) is 0 Å². The average molecular weight is 227 g/mol. The summed E-state index contributed by atoms with van der Waals surface area (Å²) in [5, 5.41) is 10.2. The van der Waals surface area contributed by atoms with Crippen molar-refractivity contribution in [3.8, 4) is 0 Å². The van der Waals surface area contributed by atoms with Gasteiger partial charge in [0.05, 0.1) is 11.6 Å². The van der Waals surface area contributed by atoms with Gasteiger partial charge in [0.15, 0.2) is 0 Å². The molecule has 0 radical (unpaired) electrons. The van der Waals surface area contributed by atoms with E-state index in [1.54, 1.807) is 4.42 Å². The maximum atomic E-state index is 10.2. The van der Waals surface area contributed by atoms with Gasteiger partial charge in [0.1, 0.15) is 0 Å². The van der Waals surface area contributed by atoms with Gasteiger partial charge in [0.25, 0.3) is 0 Å². The largest absolute Gasteiger partial charge is 0.388 e. The van der Waals surface area contributed by atoms with Crippen LogP contribution in [-0.4, -0.2) is 34.3 Å². The van der Waals surface area contributed by atoms with E-state index < -0.39 is 5.60 Å². The summed E-state index contributed by atoms with van der Waals surface area (Å²) in [6.45, 7) is 3.35. The third kappa shape index (κ3) is 2.70. The first-order valence-corrected chi connectivity index (χ1v) is 5.33. The summed E-state index contributed by atoms with van der Waals surface area (Å²) in [5.41, 5.74) is -0.717. The first kappa shape index (κ1) is 11.5. The van der Waals surface area contributed by atoms with Gasteiger partial charge >= 0.3 is 0 Å². The van der Waals surface area contributed by atoms with E-state index >= 15 is 0 Å². The summed E-state index contributed by atoms with van der Waals surface area (Å²) in [6, 6.07) is -0.154. The van der Waals surface area contributed by atoms with Crippen LogP contribution in [0.15, 0.2) is 0 Å². The molecule has 0 amide bonds. The molecule has 1 saturated heterocycles. The van der Waals surface area contributed by atoms with E-state index in [4.69, 9.17) is 23.6 Å². The Morgan fingerprint density at radius 2 is 2.38 bits per heavy atom. The lowest BCUT2D eigenvalue weighted by Crippen LogP contribution is -2.50. The fourth-order valence-electron chi connectivity index (χ4n) is 1.75. The Balaban J connectivity index is 2.69. The lowest BCUT2D eigenvalue weighted by atomic mass is 9.88. The highest BCUT2D eigenvalue weighted by Gasteiger charge is 2.37. The fourth-order valence-corrected chi connectivity index (χ4v) is 2.28. The maximum absolute atomic E-state index is 10.2. The van der Waals surface area contributed by atoms with Crippen LogP contribution in [0.4, 0.5) is 0 Å². The molecule has 5 heteroatoms. The second-order valence-electron chi connectivity index (χ2n) is 3.59. The Morgan fingerprint density at radius 1 is 1.69 bits per heavy atom. The third-order valence-corrected chi connectivity index (χ3v) is 3.35. The van der Waals surface area contributed by atoms with E-state index in [1.165, 1.54) is 0 Å². The van der Waals surface area contributed by atoms with Crippen molar-refractivity contribution in [2.45, 2.75) is 37.8 Å². The summed E-state index contributed by atoms with van der Waals surface area (Å²) in [5.74, 6) is 0. The summed E-state index contributed by atoms with van der Waals surface area (Å²) < 4.78 is 1.67. The standard InChI is InChI=1S/C8H16Cl2N2O/c1-2-8(13)4-3-5-12(10)6-7(8)11-9/h7,11,13H,2-6H2,1H3. The SMILES string of the molecule is CCC1(O)CCCN(Cl)CC1NCl. The van der Waals surface area contributed by atoms with Crippen LogP contribution in [0.2, 0.25) is 0 Å². The molecular formula is C8H16Cl2N2O. The zero-order valence-corrected chi connectivity index (χ0v) is 9.28. The van der Waals surface area contributed by atoms with Crippen molar-refractivity contribution in [1.29, 1.82) is 0 Å². The van der Waals surface area contributed by atoms with Crippen LogP contribution in [0.3, 0.4) is 0 Å². The average Bonchev–Trinajstić information content (AvgIpc) is 2.26. The number of nitrogens with zero attached hydrogens (tertiary/aromatic N) is 1. The molecule has 0 aromatic carbocycles. The van der Waals surface area contributed by atoms with Crippen molar-refractivity contribution in [2.75, 3.05) is 13.1 Å². The molecule has 0 aromatic heterocycles. The highest BCUT2D eigenvalue weighted by molar-refractivity contribution is 6.14. The Bertz CT molecular complexity index is 170. The van der Waals surface area contributed by atoms with Gasteiger partial charge in [-0.3, -0.25) is 0 Å². The molecule has 0 aromatic rings. The van der Waals surface area contributed by atoms with Gasteiger partial charge in [-0.2, -0.15) is 0 Å². The molecule has 1 aliphatic rings. The molecule has 2 atom stereocenters. The minimum atomic E-state index is -0.717. The second-order valence-corrected chi connectivity index (χ2v) is 4.29. The number of hydrogen-bond acceptors (Lipinski definition) is 3. The van der Waals surface area contributed by atoms with E-state index in [-0.39, 0.29) is 6.04 Å². The van der Waals surface area contributed by atoms with E-state index in [0.29, 0.717) is 13.0 Å². The van der Waals surface area contributed by atoms with Crippen LogP contribution >= 0.6 is 23.6 Å². The predicted octanol–water partition coefficient (Wildman–Crippen LogP) is 1.49. The number of rotatable bonds is 2. The van der Waals surface area contributed by atoms with Crippen LogP contribution in [0.1, 0.15) is 26.2 Å². The molecule has 13 heavy (non-hydrogen) atoms. The van der Waals surface area contributed by atoms with Crippen molar-refractivity contribution < 1.29 is 5.11 Å². The molecule has 0 spiro atoms. The van der Waals surface area contributed by atoms with Crippen molar-refractivity contribution in [3.63, 3.8) is 0 Å². The summed E-state index contributed by atoms with van der Waals surface area (Å²) >= 11 is 11.5. The monoisotopic (exact) mass is 226 g/mol. The Morgan fingerprint density at radius 3 is 2.92 bits per heavy atom. The summed E-state index contributed by atoms with van der Waals surface area (Å²) in [7, 11) is 0. The molecule has 1 fully saturated rings. The first-order chi connectivity index (χ1) is 6.12. The topological polar surface area (TPSA) is 35.5 Å². The molecule has 1 heterocycles. The van der Waals surface area contributed by atoms with Gasteiger partial charge in [-0.1, -0.05) is 6.92 Å². The molecular weight excluding hydrogens is 211 g/mol. The van der Waals surface area contributed by atoms with Crippen LogP contribution in [0.5, 0.6) is 0 Å². The molecule has 0 saturated carbocycles.